The van der Waals surface area contributed by atoms with Gasteiger partial charge in [-0.25, -0.2) is 14.2 Å². The minimum atomic E-state index is -0.882. The molecule has 5 aromatic rings. The molecule has 0 radical (unpaired) electrons. The summed E-state index contributed by atoms with van der Waals surface area (Å²) in [6.07, 6.45) is 1.78. The molecule has 1 aliphatic rings. The number of carbonyl (C=O) groups is 1. The molecule has 0 saturated heterocycles. The van der Waals surface area contributed by atoms with Crippen molar-refractivity contribution in [2.75, 3.05) is 6.61 Å². The van der Waals surface area contributed by atoms with Crippen LogP contribution in [0.15, 0.2) is 123 Å². The highest BCUT2D eigenvalue weighted by Gasteiger charge is 2.35. The topological polar surface area (TPSA) is 69.9 Å². The first-order valence-corrected chi connectivity index (χ1v) is 15.5. The molecule has 0 unspecified atom stereocenters. The Balaban J connectivity index is 1.51. The van der Waals surface area contributed by atoms with Crippen molar-refractivity contribution in [2.45, 2.75) is 19.6 Å². The number of benzene rings is 4. The van der Waals surface area contributed by atoms with Gasteiger partial charge < -0.3 is 9.47 Å². The molecule has 0 bridgehead atoms. The third-order valence-electron chi connectivity index (χ3n) is 7.07. The third kappa shape index (κ3) is 6.06. The van der Waals surface area contributed by atoms with Crippen LogP contribution in [0.1, 0.15) is 35.2 Å². The standard InChI is InChI=1S/C35H26BrFN2O4S/c1-2-42-34(41)30-31(23-8-4-3-5-9-23)38-35-39(32(30)24-14-18-27(37)19-15-24)33(40)29(44-35)20-25-10-6-7-11-28(25)43-21-22-12-16-26(36)17-13-22/h3-20,32H,2,21H2,1H3/b29-20-/t32-/m1/s1. The summed E-state index contributed by atoms with van der Waals surface area (Å²) in [6, 6.07) is 29.6. The number of thiazole rings is 1. The van der Waals surface area contributed by atoms with Crippen molar-refractivity contribution in [1.82, 2.24) is 4.57 Å². The van der Waals surface area contributed by atoms with Crippen molar-refractivity contribution in [3.63, 3.8) is 0 Å². The lowest BCUT2D eigenvalue weighted by atomic mass is 9.93. The molecule has 0 N–H and O–H groups in total. The van der Waals surface area contributed by atoms with Crippen molar-refractivity contribution in [3.05, 3.63) is 161 Å². The fourth-order valence-corrected chi connectivity index (χ4v) is 6.27. The van der Waals surface area contributed by atoms with Crippen molar-refractivity contribution in [1.29, 1.82) is 0 Å². The van der Waals surface area contributed by atoms with Gasteiger partial charge in [0.05, 0.1) is 28.5 Å². The normalized spacial score (nSPS) is 14.6. The number of halogens is 2. The van der Waals surface area contributed by atoms with Crippen LogP contribution in [0.2, 0.25) is 0 Å². The number of aromatic nitrogens is 1. The van der Waals surface area contributed by atoms with E-state index >= 15 is 0 Å². The molecule has 6 rings (SSSR count). The lowest BCUT2D eigenvalue weighted by Gasteiger charge is -2.25. The maximum Gasteiger partial charge on any atom is 0.338 e. The van der Waals surface area contributed by atoms with Crippen LogP contribution in [0.25, 0.3) is 11.8 Å². The maximum atomic E-state index is 14.1. The van der Waals surface area contributed by atoms with Gasteiger partial charge in [-0.15, -0.1) is 0 Å². The fraction of sp³-hybridized carbons (Fsp3) is 0.114. The van der Waals surface area contributed by atoms with Gasteiger partial charge in [0.25, 0.3) is 5.56 Å². The second-order valence-corrected chi connectivity index (χ2v) is 11.9. The molecule has 44 heavy (non-hydrogen) atoms. The summed E-state index contributed by atoms with van der Waals surface area (Å²) in [4.78, 5) is 33.0. The van der Waals surface area contributed by atoms with Crippen LogP contribution in [0.3, 0.4) is 0 Å². The molecule has 220 valence electrons. The van der Waals surface area contributed by atoms with E-state index in [0.29, 0.717) is 38.5 Å². The Morgan fingerprint density at radius 2 is 1.68 bits per heavy atom. The molecular formula is C35H26BrFN2O4S. The molecular weight excluding hydrogens is 643 g/mol. The summed E-state index contributed by atoms with van der Waals surface area (Å²) < 4.78 is 28.5. The molecule has 0 spiro atoms. The lowest BCUT2D eigenvalue weighted by Crippen LogP contribution is -2.40. The van der Waals surface area contributed by atoms with Crippen LogP contribution in [0.5, 0.6) is 5.75 Å². The number of nitrogens with zero attached hydrogens (tertiary/aromatic N) is 2. The molecule has 2 heterocycles. The van der Waals surface area contributed by atoms with Crippen LogP contribution in [-0.4, -0.2) is 17.1 Å². The number of hydrogen-bond acceptors (Lipinski definition) is 6. The number of para-hydroxylation sites is 1. The number of hydrogen-bond donors (Lipinski definition) is 0. The zero-order valence-electron chi connectivity index (χ0n) is 23.6. The smallest absolute Gasteiger partial charge is 0.338 e. The first-order valence-electron chi connectivity index (χ1n) is 13.9. The number of carbonyl (C=O) groups excluding carboxylic acids is 1. The van der Waals surface area contributed by atoms with Gasteiger partial charge in [0.2, 0.25) is 0 Å². The highest BCUT2D eigenvalue weighted by molar-refractivity contribution is 9.10. The molecule has 0 amide bonds. The van der Waals surface area contributed by atoms with Gasteiger partial charge in [0, 0.05) is 15.6 Å². The predicted molar refractivity (Wildman–Crippen MR) is 172 cm³/mol. The lowest BCUT2D eigenvalue weighted by molar-refractivity contribution is -0.138. The van der Waals surface area contributed by atoms with E-state index in [1.807, 2.05) is 78.9 Å². The molecule has 0 saturated carbocycles. The number of esters is 1. The Morgan fingerprint density at radius 3 is 2.41 bits per heavy atom. The third-order valence-corrected chi connectivity index (χ3v) is 8.58. The average molecular weight is 670 g/mol. The molecule has 0 fully saturated rings. The summed E-state index contributed by atoms with van der Waals surface area (Å²) in [5.41, 5.74) is 3.27. The van der Waals surface area contributed by atoms with E-state index < -0.39 is 17.8 Å². The van der Waals surface area contributed by atoms with Gasteiger partial charge in [-0.1, -0.05) is 100 Å². The maximum absolute atomic E-state index is 14.1. The van der Waals surface area contributed by atoms with Crippen LogP contribution >= 0.6 is 27.3 Å². The average Bonchev–Trinajstić information content (AvgIpc) is 3.35. The SMILES string of the molecule is CCOC(=O)C1=C(c2ccccc2)N=c2s/c(=C\c3ccccc3OCc3ccc(Br)cc3)c(=O)n2[C@@H]1c1ccc(F)cc1. The highest BCUT2D eigenvalue weighted by Crippen LogP contribution is 2.35. The molecule has 9 heteroatoms. The summed E-state index contributed by atoms with van der Waals surface area (Å²) in [5.74, 6) is -0.398. The first-order chi connectivity index (χ1) is 21.4. The second-order valence-electron chi connectivity index (χ2n) is 9.94. The molecule has 0 aliphatic carbocycles. The first kappa shape index (κ1) is 29.5. The Morgan fingerprint density at radius 1 is 0.977 bits per heavy atom. The largest absolute Gasteiger partial charge is 0.488 e. The fourth-order valence-electron chi connectivity index (χ4n) is 5.02. The minimum absolute atomic E-state index is 0.141. The summed E-state index contributed by atoms with van der Waals surface area (Å²) in [6.45, 7) is 2.22. The van der Waals surface area contributed by atoms with Crippen molar-refractivity contribution >= 4 is 45.0 Å². The zero-order valence-corrected chi connectivity index (χ0v) is 26.0. The van der Waals surface area contributed by atoms with Gasteiger partial charge >= 0.3 is 5.97 Å². The van der Waals surface area contributed by atoms with Gasteiger partial charge in [-0.2, -0.15) is 0 Å². The van der Waals surface area contributed by atoms with E-state index in [1.54, 1.807) is 25.1 Å². The monoisotopic (exact) mass is 668 g/mol. The van der Waals surface area contributed by atoms with E-state index in [4.69, 9.17) is 14.5 Å². The Bertz CT molecular complexity index is 2040. The summed E-state index contributed by atoms with van der Waals surface area (Å²) >= 11 is 4.67. The summed E-state index contributed by atoms with van der Waals surface area (Å²) in [5, 5.41) is 0. The van der Waals surface area contributed by atoms with Crippen LogP contribution in [-0.2, 0) is 16.1 Å². The van der Waals surface area contributed by atoms with Gasteiger partial charge in [-0.3, -0.25) is 9.36 Å². The summed E-state index contributed by atoms with van der Waals surface area (Å²) in [7, 11) is 0. The van der Waals surface area contributed by atoms with E-state index in [1.165, 1.54) is 28.0 Å². The van der Waals surface area contributed by atoms with Crippen molar-refractivity contribution in [2.24, 2.45) is 4.99 Å². The Labute approximate surface area is 265 Å². The zero-order chi connectivity index (χ0) is 30.6. The molecule has 4 aromatic carbocycles. The van der Waals surface area contributed by atoms with E-state index in [2.05, 4.69) is 15.9 Å². The van der Waals surface area contributed by atoms with Crippen LogP contribution in [0, 0.1) is 5.82 Å². The van der Waals surface area contributed by atoms with Crippen LogP contribution in [0.4, 0.5) is 4.39 Å². The van der Waals surface area contributed by atoms with E-state index in [-0.39, 0.29) is 17.7 Å². The van der Waals surface area contributed by atoms with Crippen molar-refractivity contribution in [3.8, 4) is 5.75 Å². The molecule has 1 atom stereocenters. The minimum Gasteiger partial charge on any atom is -0.488 e. The second kappa shape index (κ2) is 13.0. The number of rotatable bonds is 8. The predicted octanol–water partition coefficient (Wildman–Crippen LogP) is 6.42. The number of ether oxygens (including phenoxy) is 2. The van der Waals surface area contributed by atoms with Gasteiger partial charge in [0.15, 0.2) is 4.80 Å². The van der Waals surface area contributed by atoms with Gasteiger partial charge in [0.1, 0.15) is 18.2 Å². The van der Waals surface area contributed by atoms with Crippen molar-refractivity contribution < 1.29 is 18.7 Å². The molecule has 6 nitrogen and oxygen atoms in total. The quantitative estimate of drug-likeness (QED) is 0.179. The van der Waals surface area contributed by atoms with E-state index in [0.717, 1.165) is 15.6 Å². The Hall–Kier alpha value is -4.60. The number of fused-ring (bicyclic) bond motifs is 1. The van der Waals surface area contributed by atoms with E-state index in [9.17, 15) is 14.0 Å². The Kier molecular flexibility index (Phi) is 8.67. The molecule has 1 aromatic heterocycles. The highest BCUT2D eigenvalue weighted by atomic mass is 79.9. The molecule has 1 aliphatic heterocycles. The van der Waals surface area contributed by atoms with Crippen LogP contribution < -0.4 is 19.6 Å². The van der Waals surface area contributed by atoms with Gasteiger partial charge in [-0.05, 0) is 54.5 Å².